The molecule has 0 saturated heterocycles. The first-order chi connectivity index (χ1) is 8.54. The first kappa shape index (κ1) is 16.9. The highest BCUT2D eigenvalue weighted by molar-refractivity contribution is 5.85. The smallest absolute Gasteiger partial charge is 0.144 e. The molecule has 0 radical (unpaired) electrons. The van der Waals surface area contributed by atoms with Gasteiger partial charge in [0.15, 0.2) is 0 Å². The van der Waals surface area contributed by atoms with Crippen LogP contribution in [0.3, 0.4) is 0 Å². The number of oxime groups is 1. The van der Waals surface area contributed by atoms with E-state index in [2.05, 4.69) is 17.1 Å². The summed E-state index contributed by atoms with van der Waals surface area (Å²) in [4.78, 5) is 0. The molecule has 4 N–H and O–H groups in total. The van der Waals surface area contributed by atoms with Gasteiger partial charge in [0.25, 0.3) is 0 Å². The second-order valence-corrected chi connectivity index (χ2v) is 4.91. The summed E-state index contributed by atoms with van der Waals surface area (Å²) in [6.07, 6.45) is 4.61. The molecule has 0 atom stereocenters. The van der Waals surface area contributed by atoms with Crippen LogP contribution in [-0.2, 0) is 4.74 Å². The number of amidine groups is 1. The topological polar surface area (TPSA) is 79.9 Å². The zero-order valence-corrected chi connectivity index (χ0v) is 11.6. The molecule has 0 rings (SSSR count). The molecule has 0 heterocycles. The molecule has 106 valence electrons. The third-order valence-corrected chi connectivity index (χ3v) is 2.85. The second-order valence-electron chi connectivity index (χ2n) is 4.91. The van der Waals surface area contributed by atoms with Crippen molar-refractivity contribution in [1.29, 1.82) is 0 Å². The van der Waals surface area contributed by atoms with Crippen LogP contribution in [0.2, 0.25) is 0 Å². The van der Waals surface area contributed by atoms with Crippen molar-refractivity contribution in [3.63, 3.8) is 0 Å². The van der Waals surface area contributed by atoms with E-state index in [0.717, 1.165) is 45.6 Å². The third-order valence-electron chi connectivity index (χ3n) is 2.85. The number of rotatable bonds is 11. The highest BCUT2D eigenvalue weighted by Crippen LogP contribution is 2.21. The van der Waals surface area contributed by atoms with Crippen molar-refractivity contribution in [2.45, 2.75) is 33.1 Å². The number of ether oxygens (including phenoxy) is 1. The largest absolute Gasteiger partial charge is 0.409 e. The molecular weight excluding hydrogens is 230 g/mol. The molecule has 5 heteroatoms. The van der Waals surface area contributed by atoms with Gasteiger partial charge in [-0.15, -0.1) is 6.58 Å². The summed E-state index contributed by atoms with van der Waals surface area (Å²) in [7, 11) is 0. The SMILES string of the molecule is C=CCCOCCNCCCC(C)(C)/C(N)=N/O. The maximum atomic E-state index is 8.64. The highest BCUT2D eigenvalue weighted by Gasteiger charge is 2.22. The standard InChI is InChI=1S/C13H27N3O2/c1-4-5-10-18-11-9-15-8-6-7-13(2,3)12(14)16-17/h4,15,17H,1,5-11H2,2-3H3,(H2,14,16). The minimum Gasteiger partial charge on any atom is -0.409 e. The Balaban J connectivity index is 3.43. The van der Waals surface area contributed by atoms with Crippen LogP contribution in [0.5, 0.6) is 0 Å². The van der Waals surface area contributed by atoms with Crippen LogP contribution in [0, 0.1) is 5.41 Å². The molecule has 0 aliphatic heterocycles. The van der Waals surface area contributed by atoms with Gasteiger partial charge in [0, 0.05) is 12.0 Å². The van der Waals surface area contributed by atoms with Gasteiger partial charge < -0.3 is 21.0 Å². The number of nitrogens with one attached hydrogen (secondary N) is 1. The lowest BCUT2D eigenvalue weighted by Gasteiger charge is -2.22. The molecule has 0 saturated carbocycles. The van der Waals surface area contributed by atoms with Gasteiger partial charge in [-0.3, -0.25) is 0 Å². The molecule has 0 aromatic carbocycles. The number of nitrogens with zero attached hydrogens (tertiary/aromatic N) is 1. The van der Waals surface area contributed by atoms with Crippen molar-refractivity contribution >= 4 is 5.84 Å². The number of hydrogen-bond donors (Lipinski definition) is 3. The Labute approximate surface area is 110 Å². The van der Waals surface area contributed by atoms with Gasteiger partial charge in [0.05, 0.1) is 13.2 Å². The molecule has 18 heavy (non-hydrogen) atoms. The van der Waals surface area contributed by atoms with Crippen molar-refractivity contribution in [3.05, 3.63) is 12.7 Å². The van der Waals surface area contributed by atoms with Gasteiger partial charge in [-0.2, -0.15) is 0 Å². The Bertz CT molecular complexity index is 253. The summed E-state index contributed by atoms with van der Waals surface area (Å²) in [5.74, 6) is 0.287. The summed E-state index contributed by atoms with van der Waals surface area (Å²) in [6.45, 7) is 10.8. The Morgan fingerprint density at radius 2 is 2.17 bits per heavy atom. The maximum Gasteiger partial charge on any atom is 0.144 e. The average Bonchev–Trinajstić information content (AvgIpc) is 2.35. The monoisotopic (exact) mass is 257 g/mol. The van der Waals surface area contributed by atoms with Crippen molar-refractivity contribution in [1.82, 2.24) is 5.32 Å². The molecule has 5 nitrogen and oxygen atoms in total. The fraction of sp³-hybridized carbons (Fsp3) is 0.769. The van der Waals surface area contributed by atoms with E-state index in [0.29, 0.717) is 0 Å². The summed E-state index contributed by atoms with van der Waals surface area (Å²) in [6, 6.07) is 0. The Morgan fingerprint density at radius 3 is 2.78 bits per heavy atom. The first-order valence-corrected chi connectivity index (χ1v) is 6.42. The maximum absolute atomic E-state index is 8.64. The van der Waals surface area contributed by atoms with Crippen molar-refractivity contribution in [2.24, 2.45) is 16.3 Å². The van der Waals surface area contributed by atoms with E-state index >= 15 is 0 Å². The molecule has 0 spiro atoms. The van der Waals surface area contributed by atoms with Gasteiger partial charge in [0.1, 0.15) is 5.84 Å². The van der Waals surface area contributed by atoms with E-state index in [4.69, 9.17) is 15.7 Å². The quantitative estimate of drug-likeness (QED) is 0.131. The van der Waals surface area contributed by atoms with E-state index in [-0.39, 0.29) is 11.3 Å². The van der Waals surface area contributed by atoms with Crippen LogP contribution >= 0.6 is 0 Å². The van der Waals surface area contributed by atoms with E-state index in [1.54, 1.807) is 0 Å². The number of nitrogens with two attached hydrogens (primary N) is 1. The molecule has 0 fully saturated rings. The molecular formula is C13H27N3O2. The lowest BCUT2D eigenvalue weighted by molar-refractivity contribution is 0.140. The summed E-state index contributed by atoms with van der Waals surface area (Å²) < 4.78 is 5.37. The summed E-state index contributed by atoms with van der Waals surface area (Å²) in [5, 5.41) is 15.0. The van der Waals surface area contributed by atoms with Crippen molar-refractivity contribution < 1.29 is 9.94 Å². The van der Waals surface area contributed by atoms with E-state index < -0.39 is 0 Å². The molecule has 0 aliphatic rings. The summed E-state index contributed by atoms with van der Waals surface area (Å²) >= 11 is 0. The van der Waals surface area contributed by atoms with E-state index in [1.165, 1.54) is 0 Å². The van der Waals surface area contributed by atoms with Crippen LogP contribution in [0.15, 0.2) is 17.8 Å². The molecule has 0 bridgehead atoms. The van der Waals surface area contributed by atoms with Crippen LogP contribution < -0.4 is 11.1 Å². The average molecular weight is 257 g/mol. The fourth-order valence-corrected chi connectivity index (χ4v) is 1.46. The molecule has 0 aromatic heterocycles. The normalized spacial score (nSPS) is 12.7. The molecule has 0 amide bonds. The van der Waals surface area contributed by atoms with Crippen molar-refractivity contribution in [2.75, 3.05) is 26.3 Å². The van der Waals surface area contributed by atoms with E-state index in [9.17, 15) is 0 Å². The summed E-state index contributed by atoms with van der Waals surface area (Å²) in [5.41, 5.74) is 5.36. The van der Waals surface area contributed by atoms with Crippen LogP contribution in [0.4, 0.5) is 0 Å². The zero-order chi connectivity index (χ0) is 13.9. The highest BCUT2D eigenvalue weighted by atomic mass is 16.5. The molecule has 0 aromatic rings. The number of hydrogen-bond acceptors (Lipinski definition) is 4. The lowest BCUT2D eigenvalue weighted by Crippen LogP contribution is -2.33. The Hall–Kier alpha value is -1.07. The first-order valence-electron chi connectivity index (χ1n) is 6.42. The lowest BCUT2D eigenvalue weighted by atomic mass is 9.86. The van der Waals surface area contributed by atoms with Crippen LogP contribution in [0.1, 0.15) is 33.1 Å². The predicted molar refractivity (Wildman–Crippen MR) is 74.9 cm³/mol. The second kappa shape index (κ2) is 9.91. The van der Waals surface area contributed by atoms with Crippen LogP contribution in [0.25, 0.3) is 0 Å². The van der Waals surface area contributed by atoms with Gasteiger partial charge in [-0.25, -0.2) is 0 Å². The minimum atomic E-state index is -0.253. The zero-order valence-electron chi connectivity index (χ0n) is 11.6. The minimum absolute atomic E-state index is 0.253. The third kappa shape index (κ3) is 8.08. The van der Waals surface area contributed by atoms with E-state index in [1.807, 2.05) is 19.9 Å². The van der Waals surface area contributed by atoms with Gasteiger partial charge in [-0.1, -0.05) is 25.1 Å². The predicted octanol–water partition coefficient (Wildman–Crippen LogP) is 1.72. The van der Waals surface area contributed by atoms with Gasteiger partial charge in [-0.05, 0) is 25.8 Å². The van der Waals surface area contributed by atoms with Gasteiger partial charge in [0.2, 0.25) is 0 Å². The van der Waals surface area contributed by atoms with Gasteiger partial charge >= 0.3 is 0 Å². The fourth-order valence-electron chi connectivity index (χ4n) is 1.46. The van der Waals surface area contributed by atoms with Crippen LogP contribution in [-0.4, -0.2) is 37.3 Å². The Kier molecular flexibility index (Phi) is 9.32. The Morgan fingerprint density at radius 1 is 1.44 bits per heavy atom. The molecule has 0 unspecified atom stereocenters. The molecule has 0 aliphatic carbocycles. The van der Waals surface area contributed by atoms with Crippen molar-refractivity contribution in [3.8, 4) is 0 Å².